The van der Waals surface area contributed by atoms with Gasteiger partial charge in [0.25, 0.3) is 5.91 Å². The molecule has 1 amide bonds. The van der Waals surface area contributed by atoms with Crippen LogP contribution in [0.25, 0.3) is 0 Å². The highest BCUT2D eigenvalue weighted by Crippen LogP contribution is 2.34. The highest BCUT2D eigenvalue weighted by Gasteiger charge is 2.40. The molecule has 0 saturated carbocycles. The number of aliphatic carboxylic acids is 1. The normalized spacial score (nSPS) is 19.7. The van der Waals surface area contributed by atoms with Gasteiger partial charge in [-0.1, -0.05) is 36.4 Å². The summed E-state index contributed by atoms with van der Waals surface area (Å²) in [6.07, 6.45) is -4.86. The molecule has 2 aromatic rings. The average molecular weight is 379 g/mol. The highest BCUT2D eigenvalue weighted by atomic mass is 19.4. The molecule has 1 heterocycles. The molecular weight excluding hydrogens is 363 g/mol. The molecule has 1 fully saturated rings. The van der Waals surface area contributed by atoms with E-state index in [1.54, 1.807) is 24.3 Å². The van der Waals surface area contributed by atoms with Crippen molar-refractivity contribution >= 4 is 11.9 Å². The Kier molecular flexibility index (Phi) is 5.07. The molecule has 27 heavy (non-hydrogen) atoms. The fraction of sp³-hybridized carbons (Fsp3) is 0.263. The van der Waals surface area contributed by atoms with Crippen molar-refractivity contribution in [1.82, 2.24) is 4.90 Å². The summed E-state index contributed by atoms with van der Waals surface area (Å²) in [7, 11) is 0. The van der Waals surface area contributed by atoms with E-state index in [0.717, 1.165) is 17.7 Å². The van der Waals surface area contributed by atoms with Crippen LogP contribution < -0.4 is 4.74 Å². The minimum atomic E-state index is -4.86. The number of carboxylic acids is 1. The molecule has 0 aliphatic carbocycles. The molecule has 1 saturated heterocycles. The zero-order valence-electron chi connectivity index (χ0n) is 14.0. The van der Waals surface area contributed by atoms with Crippen LogP contribution >= 0.6 is 0 Å². The topological polar surface area (TPSA) is 66.8 Å². The van der Waals surface area contributed by atoms with E-state index in [9.17, 15) is 27.9 Å². The van der Waals surface area contributed by atoms with Crippen molar-refractivity contribution in [1.29, 1.82) is 0 Å². The minimum absolute atomic E-state index is 0.00889. The molecule has 5 nitrogen and oxygen atoms in total. The van der Waals surface area contributed by atoms with Gasteiger partial charge in [-0.2, -0.15) is 0 Å². The van der Waals surface area contributed by atoms with Gasteiger partial charge in [0.15, 0.2) is 0 Å². The molecule has 0 bridgehead atoms. The first-order valence-corrected chi connectivity index (χ1v) is 8.17. The molecule has 2 atom stereocenters. The van der Waals surface area contributed by atoms with E-state index < -0.39 is 29.9 Å². The third kappa shape index (κ3) is 4.39. The number of hydrogen-bond acceptors (Lipinski definition) is 3. The maximum Gasteiger partial charge on any atom is 0.573 e. The van der Waals surface area contributed by atoms with Gasteiger partial charge in [-0.25, -0.2) is 0 Å². The number of carbonyl (C=O) groups excluding carboxylic acids is 1. The third-order valence-electron chi connectivity index (χ3n) is 4.47. The van der Waals surface area contributed by atoms with E-state index in [1.807, 2.05) is 6.07 Å². The largest absolute Gasteiger partial charge is 0.573 e. The van der Waals surface area contributed by atoms with E-state index in [4.69, 9.17) is 0 Å². The number of likely N-dealkylation sites (tertiary alicyclic amines) is 1. The Bertz CT molecular complexity index is 838. The highest BCUT2D eigenvalue weighted by molar-refractivity contribution is 5.95. The number of ether oxygens (including phenoxy) is 1. The minimum Gasteiger partial charge on any atom is -0.481 e. The molecular formula is C19H16F3NO4. The van der Waals surface area contributed by atoms with Crippen LogP contribution in [0.15, 0.2) is 54.6 Å². The Hall–Kier alpha value is -3.03. The summed E-state index contributed by atoms with van der Waals surface area (Å²) in [6.45, 7) is 0.155. The summed E-state index contributed by atoms with van der Waals surface area (Å²) < 4.78 is 41.0. The van der Waals surface area contributed by atoms with Crippen molar-refractivity contribution in [2.45, 2.75) is 12.3 Å². The van der Waals surface area contributed by atoms with Crippen LogP contribution in [-0.2, 0) is 4.79 Å². The van der Waals surface area contributed by atoms with Crippen molar-refractivity contribution in [2.24, 2.45) is 5.92 Å². The lowest BCUT2D eigenvalue weighted by molar-refractivity contribution is -0.274. The fourth-order valence-electron chi connectivity index (χ4n) is 3.27. The number of carbonyl (C=O) groups is 2. The number of nitrogens with zero attached hydrogens (tertiary/aromatic N) is 1. The summed E-state index contributed by atoms with van der Waals surface area (Å²) in [5, 5.41) is 9.50. The molecule has 2 aromatic carbocycles. The Labute approximate surface area is 153 Å². The first-order chi connectivity index (χ1) is 12.7. The summed E-state index contributed by atoms with van der Waals surface area (Å²) in [4.78, 5) is 25.7. The Morgan fingerprint density at radius 2 is 1.74 bits per heavy atom. The molecule has 1 aliphatic rings. The van der Waals surface area contributed by atoms with Crippen molar-refractivity contribution in [3.8, 4) is 5.75 Å². The Morgan fingerprint density at radius 3 is 2.37 bits per heavy atom. The number of benzene rings is 2. The van der Waals surface area contributed by atoms with Gasteiger partial charge in [0, 0.05) is 24.6 Å². The molecule has 0 spiro atoms. The molecule has 3 rings (SSSR count). The number of carboxylic acid groups (broad SMARTS) is 1. The van der Waals surface area contributed by atoms with Crippen molar-refractivity contribution < 1.29 is 32.6 Å². The second-order valence-corrected chi connectivity index (χ2v) is 6.25. The van der Waals surface area contributed by atoms with E-state index in [2.05, 4.69) is 4.74 Å². The van der Waals surface area contributed by atoms with Gasteiger partial charge in [-0.15, -0.1) is 13.2 Å². The van der Waals surface area contributed by atoms with E-state index in [-0.39, 0.29) is 24.6 Å². The molecule has 2 unspecified atom stereocenters. The van der Waals surface area contributed by atoms with Crippen LogP contribution in [0.5, 0.6) is 5.75 Å². The van der Waals surface area contributed by atoms with Crippen LogP contribution in [0, 0.1) is 5.92 Å². The molecule has 1 aliphatic heterocycles. The first kappa shape index (κ1) is 18.8. The Balaban J connectivity index is 1.81. The van der Waals surface area contributed by atoms with Gasteiger partial charge < -0.3 is 14.7 Å². The summed E-state index contributed by atoms with van der Waals surface area (Å²) in [6, 6.07) is 13.7. The second kappa shape index (κ2) is 7.30. The van der Waals surface area contributed by atoms with Crippen molar-refractivity contribution in [3.05, 3.63) is 65.7 Å². The van der Waals surface area contributed by atoms with E-state index >= 15 is 0 Å². The third-order valence-corrected chi connectivity index (χ3v) is 4.47. The maximum atomic E-state index is 12.7. The van der Waals surface area contributed by atoms with Crippen molar-refractivity contribution in [3.63, 3.8) is 0 Å². The number of hydrogen-bond donors (Lipinski definition) is 1. The van der Waals surface area contributed by atoms with Crippen LogP contribution in [0.3, 0.4) is 0 Å². The van der Waals surface area contributed by atoms with Gasteiger partial charge in [-0.05, 0) is 23.8 Å². The van der Waals surface area contributed by atoms with Gasteiger partial charge in [0.1, 0.15) is 5.75 Å². The van der Waals surface area contributed by atoms with Gasteiger partial charge in [-0.3, -0.25) is 9.59 Å². The number of halogens is 3. The molecule has 1 N–H and O–H groups in total. The molecule has 142 valence electrons. The summed E-state index contributed by atoms with van der Waals surface area (Å²) >= 11 is 0. The predicted molar refractivity (Wildman–Crippen MR) is 89.3 cm³/mol. The van der Waals surface area contributed by atoms with Crippen LogP contribution in [0.1, 0.15) is 21.8 Å². The van der Waals surface area contributed by atoms with Crippen LogP contribution in [-0.4, -0.2) is 41.3 Å². The summed E-state index contributed by atoms with van der Waals surface area (Å²) in [5.74, 6) is -3.23. The lowest BCUT2D eigenvalue weighted by Crippen LogP contribution is -2.30. The van der Waals surface area contributed by atoms with E-state index in [0.29, 0.717) is 0 Å². The van der Waals surface area contributed by atoms with Gasteiger partial charge in [0.2, 0.25) is 0 Å². The SMILES string of the molecule is O=C(O)C1CN(C(=O)c2cccc(OC(F)(F)F)c2)CC1c1ccccc1. The maximum absolute atomic E-state index is 12.7. The standard InChI is InChI=1S/C19H16F3NO4/c20-19(21,22)27-14-8-4-7-13(9-14)17(24)23-10-15(16(11-23)18(25)26)12-5-2-1-3-6-12/h1-9,15-16H,10-11H2,(H,25,26). The second-order valence-electron chi connectivity index (χ2n) is 6.25. The van der Waals surface area contributed by atoms with E-state index in [1.165, 1.54) is 17.0 Å². The zero-order chi connectivity index (χ0) is 19.6. The fourth-order valence-corrected chi connectivity index (χ4v) is 3.27. The van der Waals surface area contributed by atoms with Crippen molar-refractivity contribution in [2.75, 3.05) is 13.1 Å². The smallest absolute Gasteiger partial charge is 0.481 e. The van der Waals surface area contributed by atoms with Crippen LogP contribution in [0.4, 0.5) is 13.2 Å². The average Bonchev–Trinajstić information content (AvgIpc) is 3.06. The number of alkyl halides is 3. The van der Waals surface area contributed by atoms with Gasteiger partial charge >= 0.3 is 12.3 Å². The lowest BCUT2D eigenvalue weighted by Gasteiger charge is -2.17. The predicted octanol–water partition coefficient (Wildman–Crippen LogP) is 3.53. The zero-order valence-corrected chi connectivity index (χ0v) is 14.0. The first-order valence-electron chi connectivity index (χ1n) is 8.17. The monoisotopic (exact) mass is 379 g/mol. The quantitative estimate of drug-likeness (QED) is 0.883. The van der Waals surface area contributed by atoms with Gasteiger partial charge in [0.05, 0.1) is 5.92 Å². The Morgan fingerprint density at radius 1 is 1.04 bits per heavy atom. The molecule has 0 radical (unpaired) electrons. The molecule has 8 heteroatoms. The lowest BCUT2D eigenvalue weighted by atomic mass is 9.89. The number of amides is 1. The molecule has 0 aromatic heterocycles. The number of rotatable bonds is 4. The van der Waals surface area contributed by atoms with Crippen LogP contribution in [0.2, 0.25) is 0 Å². The summed E-state index contributed by atoms with van der Waals surface area (Å²) in [5.41, 5.74) is 0.809.